The van der Waals surface area contributed by atoms with E-state index in [4.69, 9.17) is 14.2 Å². The summed E-state index contributed by atoms with van der Waals surface area (Å²) >= 11 is 0. The topological polar surface area (TPSA) is 78.9 Å². The van der Waals surface area contributed by atoms with Gasteiger partial charge in [0.15, 0.2) is 0 Å². The number of hydrogen-bond donors (Lipinski definition) is 0. The summed E-state index contributed by atoms with van der Waals surface area (Å²) in [6, 6.07) is 0. The molecule has 0 aromatic rings. The second-order valence-electron chi connectivity index (χ2n) is 15.8. The number of carbonyl (C=O) groups excluding carboxylic acids is 3. The van der Waals surface area contributed by atoms with Crippen molar-refractivity contribution in [3.63, 3.8) is 0 Å². The number of carbonyl (C=O) groups is 3. The summed E-state index contributed by atoms with van der Waals surface area (Å²) < 4.78 is 17.2. The molecule has 1 saturated heterocycles. The maximum atomic E-state index is 12.6. The third-order valence-corrected chi connectivity index (χ3v) is 12.2. The Bertz CT molecular complexity index is 958. The fourth-order valence-electron chi connectivity index (χ4n) is 8.96. The van der Waals surface area contributed by atoms with Crippen LogP contribution in [0, 0.1) is 51.8 Å². The molecule has 6 bridgehead atoms. The molecule has 0 aromatic heterocycles. The first kappa shape index (κ1) is 39.4. The Hall–Kier alpha value is -1.59. The predicted molar refractivity (Wildman–Crippen MR) is 175 cm³/mol. The van der Waals surface area contributed by atoms with E-state index in [0.717, 1.165) is 43.4 Å². The number of hydrogen-bond acceptors (Lipinski definition) is 6. The molecule has 0 amide bonds. The molecule has 1 heterocycles. The van der Waals surface area contributed by atoms with Crippen molar-refractivity contribution >= 4 is 17.9 Å². The van der Waals surface area contributed by atoms with Gasteiger partial charge in [-0.05, 0) is 124 Å². The van der Waals surface area contributed by atoms with Crippen molar-refractivity contribution in [3.05, 3.63) is 0 Å². The minimum absolute atomic E-state index is 0. The predicted octanol–water partition coefficient (Wildman–Crippen LogP) is 9.42. The van der Waals surface area contributed by atoms with Crippen LogP contribution in [0.3, 0.4) is 0 Å². The molecule has 7 fully saturated rings. The van der Waals surface area contributed by atoms with E-state index in [0.29, 0.717) is 11.8 Å². The molecule has 7 rings (SSSR count). The lowest BCUT2D eigenvalue weighted by atomic mass is 9.46. The zero-order valence-corrected chi connectivity index (χ0v) is 25.6. The Morgan fingerprint density at radius 3 is 1.70 bits per heavy atom. The molecule has 43 heavy (non-hydrogen) atoms. The summed E-state index contributed by atoms with van der Waals surface area (Å²) in [5.41, 5.74) is -0.878. The van der Waals surface area contributed by atoms with Crippen LogP contribution in [0.25, 0.3) is 0 Å². The molecule has 6 aliphatic carbocycles. The van der Waals surface area contributed by atoms with Gasteiger partial charge in [-0.15, -0.1) is 0 Å². The van der Waals surface area contributed by atoms with E-state index in [2.05, 4.69) is 20.8 Å². The van der Waals surface area contributed by atoms with Gasteiger partial charge in [-0.1, -0.05) is 43.6 Å². The Labute approximate surface area is 265 Å². The molecule has 6 saturated carbocycles. The molecule has 0 aromatic carbocycles. The van der Waals surface area contributed by atoms with Crippen LogP contribution in [0.4, 0.5) is 0 Å². The second kappa shape index (κ2) is 13.4. The van der Waals surface area contributed by atoms with Gasteiger partial charge in [0.25, 0.3) is 0 Å². The summed E-state index contributed by atoms with van der Waals surface area (Å²) in [7, 11) is 0. The Morgan fingerprint density at radius 2 is 1.23 bits per heavy atom. The zero-order valence-electron chi connectivity index (χ0n) is 25.6. The fourth-order valence-corrected chi connectivity index (χ4v) is 8.96. The third-order valence-electron chi connectivity index (χ3n) is 12.2. The number of rotatable bonds is 7. The minimum atomic E-state index is -0.455. The molecule has 6 heteroatoms. The summed E-state index contributed by atoms with van der Waals surface area (Å²) in [5, 5.41) is 0. The highest BCUT2D eigenvalue weighted by Gasteiger charge is 2.63. The summed E-state index contributed by atoms with van der Waals surface area (Å²) in [5.74, 6) is 3.14. The first-order valence-electron chi connectivity index (χ1n) is 15.8. The van der Waals surface area contributed by atoms with E-state index in [9.17, 15) is 14.4 Å². The van der Waals surface area contributed by atoms with Crippen LogP contribution in [-0.2, 0) is 28.6 Å². The van der Waals surface area contributed by atoms with Gasteiger partial charge >= 0.3 is 17.9 Å². The van der Waals surface area contributed by atoms with Crippen LogP contribution < -0.4 is 0 Å². The minimum Gasteiger partial charge on any atom is -0.459 e. The van der Waals surface area contributed by atoms with Gasteiger partial charge in [0, 0.05) is 17.3 Å². The monoisotopic (exact) mass is 609 g/mol. The van der Waals surface area contributed by atoms with Gasteiger partial charge in [0.1, 0.15) is 17.8 Å². The molecule has 0 spiro atoms. The number of ether oxygens (including phenoxy) is 3. The van der Waals surface area contributed by atoms with Crippen molar-refractivity contribution in [2.24, 2.45) is 51.8 Å². The average Bonchev–Trinajstić information content (AvgIpc) is 3.48. The summed E-state index contributed by atoms with van der Waals surface area (Å²) in [6.45, 7) is 16.2. The first-order valence-corrected chi connectivity index (χ1v) is 15.8. The average molecular weight is 609 g/mol. The normalized spacial score (nSPS) is 36.0. The van der Waals surface area contributed by atoms with E-state index >= 15 is 0 Å². The van der Waals surface area contributed by atoms with E-state index in [1.807, 2.05) is 34.6 Å². The lowest BCUT2D eigenvalue weighted by molar-refractivity contribution is -0.206. The smallest absolute Gasteiger partial charge is 0.312 e. The van der Waals surface area contributed by atoms with Crippen LogP contribution in [0.15, 0.2) is 0 Å². The third kappa shape index (κ3) is 6.83. The van der Waals surface area contributed by atoms with Crippen molar-refractivity contribution in [1.29, 1.82) is 0 Å². The maximum Gasteiger partial charge on any atom is 0.312 e. The summed E-state index contributed by atoms with van der Waals surface area (Å²) in [4.78, 5) is 36.3. The van der Waals surface area contributed by atoms with E-state index < -0.39 is 5.41 Å². The van der Waals surface area contributed by atoms with Crippen molar-refractivity contribution in [2.45, 2.75) is 167 Å². The van der Waals surface area contributed by atoms with Crippen LogP contribution in [-0.4, -0.2) is 35.7 Å². The quantitative estimate of drug-likeness (QED) is 0.212. The molecular weight excluding hydrogens is 540 g/mol. The Morgan fingerprint density at radius 1 is 0.767 bits per heavy atom. The van der Waals surface area contributed by atoms with E-state index in [-0.39, 0.29) is 82.2 Å². The first-order chi connectivity index (χ1) is 18.1. The molecule has 6 nitrogen and oxygen atoms in total. The van der Waals surface area contributed by atoms with Gasteiger partial charge in [0.2, 0.25) is 0 Å². The number of fused-ring (bicyclic) bond motifs is 1. The zero-order chi connectivity index (χ0) is 28.5. The molecule has 5 atom stereocenters. The van der Waals surface area contributed by atoms with Gasteiger partial charge in [-0.2, -0.15) is 0 Å². The van der Waals surface area contributed by atoms with Crippen molar-refractivity contribution in [3.8, 4) is 0 Å². The standard InChI is InChI=1S/C19H32O2.C14H20O4.4CH4/c1-6-17(2,3)16(20)21-18(4,5)19-10-13-7-14(11-19)9-15(8-13)12-19;1-4-14(2,3)13(16)18-10-7-5-8-9(6-7)12(15)17-11(8)10;;;;/h13-15H,6-12H2,1-5H3;7-11H,4-6H2,1-3H3;4*1H4. The Kier molecular flexibility index (Phi) is 12.3. The SMILES string of the molecule is C.C.C.C.CCC(C)(C)C(=O)OC(C)(C)C12CC3CC(CC(C3)C1)C2.CCC(C)(C)C(=O)OC1C2CC3C(=O)OC1C3C2. The lowest BCUT2D eigenvalue weighted by Crippen LogP contribution is -2.58. The van der Waals surface area contributed by atoms with Gasteiger partial charge in [-0.25, -0.2) is 0 Å². The molecule has 0 N–H and O–H groups in total. The van der Waals surface area contributed by atoms with Crippen LogP contribution in [0.5, 0.6) is 0 Å². The molecular formula is C37H68O6. The lowest BCUT2D eigenvalue weighted by Gasteiger charge is -2.61. The number of esters is 3. The molecule has 252 valence electrons. The van der Waals surface area contributed by atoms with Crippen molar-refractivity contribution < 1.29 is 28.6 Å². The highest BCUT2D eigenvalue weighted by atomic mass is 16.6. The Balaban J connectivity index is 0.000000397. The van der Waals surface area contributed by atoms with Crippen molar-refractivity contribution in [2.75, 3.05) is 0 Å². The van der Waals surface area contributed by atoms with Gasteiger partial charge < -0.3 is 14.2 Å². The molecule has 1 aliphatic heterocycles. The molecule has 7 aliphatic rings. The highest BCUT2D eigenvalue weighted by molar-refractivity contribution is 5.78. The van der Waals surface area contributed by atoms with Crippen LogP contribution in [0.2, 0.25) is 0 Å². The van der Waals surface area contributed by atoms with Gasteiger partial charge in [0.05, 0.1) is 16.7 Å². The summed E-state index contributed by atoms with van der Waals surface area (Å²) in [6.07, 6.45) is 11.2. The van der Waals surface area contributed by atoms with E-state index in [1.54, 1.807) is 0 Å². The fraction of sp³-hybridized carbons (Fsp3) is 0.919. The van der Waals surface area contributed by atoms with Crippen molar-refractivity contribution in [1.82, 2.24) is 0 Å². The molecule has 5 unspecified atom stereocenters. The van der Waals surface area contributed by atoms with E-state index in [1.165, 1.54) is 38.5 Å². The van der Waals surface area contributed by atoms with Crippen LogP contribution >= 0.6 is 0 Å². The van der Waals surface area contributed by atoms with Crippen LogP contribution in [0.1, 0.15) is 149 Å². The van der Waals surface area contributed by atoms with Gasteiger partial charge in [-0.3, -0.25) is 14.4 Å². The highest BCUT2D eigenvalue weighted by Crippen LogP contribution is 2.64. The maximum absolute atomic E-state index is 12.6. The largest absolute Gasteiger partial charge is 0.459 e. The molecule has 0 radical (unpaired) electrons. The second-order valence-corrected chi connectivity index (χ2v) is 15.8.